The molecule has 6 nitrogen and oxygen atoms in total. The normalized spacial score (nSPS) is 13.5. The maximum atomic E-state index is 13.6. The van der Waals surface area contributed by atoms with E-state index in [1.54, 1.807) is 12.1 Å². The molecule has 0 fully saturated rings. The summed E-state index contributed by atoms with van der Waals surface area (Å²) in [5, 5.41) is 10.3. The van der Waals surface area contributed by atoms with Crippen molar-refractivity contribution in [3.63, 3.8) is 0 Å². The zero-order valence-corrected chi connectivity index (χ0v) is 22.3. The maximum Gasteiger partial charge on any atom is 0.339 e. The van der Waals surface area contributed by atoms with Crippen LogP contribution >= 0.6 is 0 Å². The van der Waals surface area contributed by atoms with Crippen LogP contribution in [0.1, 0.15) is 55.3 Å². The largest absolute Gasteiger partial charge is 0.508 e. The van der Waals surface area contributed by atoms with E-state index >= 15 is 0 Å². The lowest BCUT2D eigenvalue weighted by molar-refractivity contribution is 0.0475. The van der Waals surface area contributed by atoms with E-state index in [2.05, 4.69) is 0 Å². The van der Waals surface area contributed by atoms with E-state index in [9.17, 15) is 14.7 Å². The lowest BCUT2D eigenvalue weighted by Gasteiger charge is -2.12. The van der Waals surface area contributed by atoms with Gasteiger partial charge in [-0.05, 0) is 85.9 Å². The van der Waals surface area contributed by atoms with Gasteiger partial charge in [-0.15, -0.1) is 0 Å². The number of nitrogens with zero attached hydrogens (tertiary/aromatic N) is 2. The Morgan fingerprint density at radius 3 is 2.45 bits per heavy atom. The molecule has 0 aliphatic heterocycles. The molecule has 0 unspecified atom stereocenters. The Morgan fingerprint density at radius 2 is 1.68 bits per heavy atom. The van der Waals surface area contributed by atoms with Crippen LogP contribution in [0.15, 0.2) is 84.9 Å². The Balaban J connectivity index is 1.30. The molecule has 2 aromatic heterocycles. The van der Waals surface area contributed by atoms with Crippen molar-refractivity contribution in [2.24, 2.45) is 0 Å². The van der Waals surface area contributed by atoms with Crippen LogP contribution in [0.4, 0.5) is 0 Å². The zero-order chi connectivity index (χ0) is 27.8. The van der Waals surface area contributed by atoms with Gasteiger partial charge in [0.25, 0.3) is 0 Å². The molecule has 0 spiro atoms. The number of rotatable bonds is 6. The van der Waals surface area contributed by atoms with E-state index in [1.807, 2.05) is 97.3 Å². The van der Waals surface area contributed by atoms with Gasteiger partial charge in [-0.1, -0.05) is 48.5 Å². The topological polar surface area (TPSA) is 81.4 Å². The van der Waals surface area contributed by atoms with Gasteiger partial charge < -0.3 is 14.4 Å². The SMILES string of the molecule is Cc1cc(C(=O)COC(=O)c2c3c(nc4ccccc24)/C(=C/c2ccc(O)cc2)CC3)c(C)n1-c1ccccc1. The number of hydrogen-bond donors (Lipinski definition) is 1. The highest BCUT2D eigenvalue weighted by molar-refractivity contribution is 6.08. The van der Waals surface area contributed by atoms with Gasteiger partial charge >= 0.3 is 5.97 Å². The molecule has 5 aromatic rings. The molecular formula is C34H28N2O4. The fraction of sp³-hybridized carbons (Fsp3) is 0.147. The molecule has 0 saturated carbocycles. The number of pyridine rings is 1. The van der Waals surface area contributed by atoms with Crippen molar-refractivity contribution in [3.05, 3.63) is 124 Å². The Kier molecular flexibility index (Phi) is 6.52. The minimum atomic E-state index is -0.522. The van der Waals surface area contributed by atoms with Crippen LogP contribution in [0.2, 0.25) is 0 Å². The molecular weight excluding hydrogens is 500 g/mol. The van der Waals surface area contributed by atoms with Gasteiger partial charge in [0.15, 0.2) is 6.61 Å². The second-order valence-electron chi connectivity index (χ2n) is 10.0. The first-order valence-corrected chi connectivity index (χ1v) is 13.3. The lowest BCUT2D eigenvalue weighted by atomic mass is 10.0. The standard InChI is InChI=1S/C34H28N2O4/c1-21-18-29(22(2)36(21)25-8-4-3-5-9-25)31(38)20-40-34(39)32-27-10-6-7-11-30(27)35-33-24(14-17-28(32)33)19-23-12-15-26(37)16-13-23/h3-13,15-16,18-19,37H,14,17,20H2,1-2H3/b24-19+. The predicted molar refractivity (Wildman–Crippen MR) is 156 cm³/mol. The van der Waals surface area contributed by atoms with Crippen LogP contribution < -0.4 is 0 Å². The van der Waals surface area contributed by atoms with Crippen molar-refractivity contribution in [2.75, 3.05) is 6.61 Å². The fourth-order valence-corrected chi connectivity index (χ4v) is 5.58. The highest BCUT2D eigenvalue weighted by Crippen LogP contribution is 2.38. The second kappa shape index (κ2) is 10.3. The first-order chi connectivity index (χ1) is 19.4. The molecule has 1 aliphatic carbocycles. The van der Waals surface area contributed by atoms with Gasteiger partial charge in [0, 0.05) is 28.0 Å². The number of benzene rings is 3. The molecule has 1 N–H and O–H groups in total. The van der Waals surface area contributed by atoms with Crippen molar-refractivity contribution in [2.45, 2.75) is 26.7 Å². The number of ketones is 1. The third-order valence-electron chi connectivity index (χ3n) is 7.46. The summed E-state index contributed by atoms with van der Waals surface area (Å²) in [5.74, 6) is -0.558. The van der Waals surface area contributed by atoms with E-state index < -0.39 is 5.97 Å². The summed E-state index contributed by atoms with van der Waals surface area (Å²) >= 11 is 0. The van der Waals surface area contributed by atoms with Gasteiger partial charge in [0.2, 0.25) is 5.78 Å². The molecule has 0 atom stereocenters. The van der Waals surface area contributed by atoms with E-state index in [-0.39, 0.29) is 18.1 Å². The number of allylic oxidation sites excluding steroid dienone is 1. The smallest absolute Gasteiger partial charge is 0.339 e. The second-order valence-corrected chi connectivity index (χ2v) is 10.0. The summed E-state index contributed by atoms with van der Waals surface area (Å²) in [4.78, 5) is 31.7. The molecule has 0 amide bonds. The summed E-state index contributed by atoms with van der Waals surface area (Å²) in [7, 11) is 0. The molecule has 40 heavy (non-hydrogen) atoms. The van der Waals surface area contributed by atoms with Crippen molar-refractivity contribution in [3.8, 4) is 11.4 Å². The number of carbonyl (C=O) groups excluding carboxylic acids is 2. The van der Waals surface area contributed by atoms with Crippen LogP contribution in [0, 0.1) is 13.8 Å². The highest BCUT2D eigenvalue weighted by atomic mass is 16.5. The number of aryl methyl sites for hydroxylation is 1. The average molecular weight is 529 g/mol. The van der Waals surface area contributed by atoms with Gasteiger partial charge in [-0.25, -0.2) is 9.78 Å². The Labute approximate surface area is 232 Å². The lowest BCUT2D eigenvalue weighted by Crippen LogP contribution is -2.17. The number of Topliss-reactive ketones (excluding diaryl/α,β-unsaturated/α-hetero) is 1. The number of carbonyl (C=O) groups is 2. The first kappa shape index (κ1) is 25.3. The number of esters is 1. The van der Waals surface area contributed by atoms with Crippen LogP contribution in [0.3, 0.4) is 0 Å². The molecule has 6 heteroatoms. The van der Waals surface area contributed by atoms with E-state index in [4.69, 9.17) is 9.72 Å². The number of para-hydroxylation sites is 2. The molecule has 0 saturated heterocycles. The van der Waals surface area contributed by atoms with Crippen LogP contribution in [-0.4, -0.2) is 33.0 Å². The minimum Gasteiger partial charge on any atom is -0.508 e. The van der Waals surface area contributed by atoms with E-state index in [0.29, 0.717) is 28.5 Å². The molecule has 6 rings (SSSR count). The number of phenolic OH excluding ortho intramolecular Hbond substituents is 1. The molecule has 0 bridgehead atoms. The summed E-state index contributed by atoms with van der Waals surface area (Å²) < 4.78 is 7.71. The van der Waals surface area contributed by atoms with Gasteiger partial charge in [0.1, 0.15) is 5.75 Å². The van der Waals surface area contributed by atoms with Crippen molar-refractivity contribution in [1.82, 2.24) is 9.55 Å². The van der Waals surface area contributed by atoms with Crippen molar-refractivity contribution >= 4 is 34.3 Å². The van der Waals surface area contributed by atoms with Crippen molar-refractivity contribution in [1.29, 1.82) is 0 Å². The Hall–Kier alpha value is -4.97. The highest BCUT2D eigenvalue weighted by Gasteiger charge is 2.28. The van der Waals surface area contributed by atoms with E-state index in [0.717, 1.165) is 45.9 Å². The van der Waals surface area contributed by atoms with Crippen molar-refractivity contribution < 1.29 is 19.4 Å². The average Bonchev–Trinajstić information content (AvgIpc) is 3.50. The third kappa shape index (κ3) is 4.58. The summed E-state index contributed by atoms with van der Waals surface area (Å²) in [6, 6.07) is 26.2. The van der Waals surface area contributed by atoms with Crippen LogP contribution in [0.25, 0.3) is 28.2 Å². The van der Waals surface area contributed by atoms with E-state index in [1.165, 1.54) is 0 Å². The number of fused-ring (bicyclic) bond motifs is 2. The number of phenols is 1. The van der Waals surface area contributed by atoms with Crippen LogP contribution in [0.5, 0.6) is 5.75 Å². The summed E-state index contributed by atoms with van der Waals surface area (Å²) in [5.41, 5.74) is 8.00. The molecule has 2 heterocycles. The van der Waals surface area contributed by atoms with Crippen LogP contribution in [-0.2, 0) is 11.2 Å². The zero-order valence-electron chi connectivity index (χ0n) is 22.3. The predicted octanol–water partition coefficient (Wildman–Crippen LogP) is 6.87. The minimum absolute atomic E-state index is 0.208. The van der Waals surface area contributed by atoms with Gasteiger partial charge in [-0.2, -0.15) is 0 Å². The number of hydrogen-bond acceptors (Lipinski definition) is 5. The number of aromatic hydroxyl groups is 1. The molecule has 1 aliphatic rings. The maximum absolute atomic E-state index is 13.6. The monoisotopic (exact) mass is 528 g/mol. The summed E-state index contributed by atoms with van der Waals surface area (Å²) in [6.45, 7) is 3.51. The Morgan fingerprint density at radius 1 is 0.950 bits per heavy atom. The quantitative estimate of drug-likeness (QED) is 0.192. The third-order valence-corrected chi connectivity index (χ3v) is 7.46. The fourth-order valence-electron chi connectivity index (χ4n) is 5.58. The summed E-state index contributed by atoms with van der Waals surface area (Å²) in [6.07, 6.45) is 3.41. The number of aromatic nitrogens is 2. The Bertz CT molecular complexity index is 1800. The molecule has 198 valence electrons. The van der Waals surface area contributed by atoms with Gasteiger partial charge in [0.05, 0.1) is 16.8 Å². The number of ether oxygens (including phenoxy) is 1. The molecule has 3 aromatic carbocycles. The van der Waals surface area contributed by atoms with Gasteiger partial charge in [-0.3, -0.25) is 4.79 Å². The first-order valence-electron chi connectivity index (χ1n) is 13.3. The molecule has 0 radical (unpaired) electrons.